The van der Waals surface area contributed by atoms with Gasteiger partial charge in [-0.1, -0.05) is 20.8 Å². The highest BCUT2D eigenvalue weighted by molar-refractivity contribution is 14.0. The highest BCUT2D eigenvalue weighted by atomic mass is 127. The quantitative estimate of drug-likeness (QED) is 0.255. The molecule has 0 aliphatic carbocycles. The van der Waals surface area contributed by atoms with Gasteiger partial charge >= 0.3 is 0 Å². The van der Waals surface area contributed by atoms with E-state index in [0.717, 1.165) is 6.54 Å². The molecule has 0 radical (unpaired) electrons. The zero-order valence-electron chi connectivity index (χ0n) is 14.6. The van der Waals surface area contributed by atoms with E-state index in [1.807, 2.05) is 6.92 Å². The molecule has 0 aromatic carbocycles. The van der Waals surface area contributed by atoms with Gasteiger partial charge in [-0.2, -0.15) is 0 Å². The SMILES string of the molecule is CCNC(=NCC(OC)C(C)(C)C)NCCCS(C)(=O)=O.I. The predicted molar refractivity (Wildman–Crippen MR) is 104 cm³/mol. The fraction of sp³-hybridized carbons (Fsp3) is 0.929. The molecule has 134 valence electrons. The number of hydrogen-bond donors (Lipinski definition) is 2. The van der Waals surface area contributed by atoms with Crippen LogP contribution < -0.4 is 10.6 Å². The van der Waals surface area contributed by atoms with Crippen molar-refractivity contribution in [1.29, 1.82) is 0 Å². The molecule has 1 atom stereocenters. The Morgan fingerprint density at radius 1 is 1.27 bits per heavy atom. The number of aliphatic imine (C=N–C) groups is 1. The van der Waals surface area contributed by atoms with Crippen LogP contribution >= 0.6 is 24.0 Å². The minimum atomic E-state index is -2.90. The fourth-order valence-electron chi connectivity index (χ4n) is 1.76. The summed E-state index contributed by atoms with van der Waals surface area (Å²) in [5.74, 6) is 0.875. The van der Waals surface area contributed by atoms with Crippen molar-refractivity contribution < 1.29 is 13.2 Å². The van der Waals surface area contributed by atoms with Crippen molar-refractivity contribution in [3.05, 3.63) is 0 Å². The summed E-state index contributed by atoms with van der Waals surface area (Å²) in [6.45, 7) is 10.2. The Morgan fingerprint density at radius 3 is 2.27 bits per heavy atom. The van der Waals surface area contributed by atoms with E-state index < -0.39 is 9.84 Å². The Morgan fingerprint density at radius 2 is 1.86 bits per heavy atom. The lowest BCUT2D eigenvalue weighted by Crippen LogP contribution is -2.40. The van der Waals surface area contributed by atoms with E-state index in [0.29, 0.717) is 25.5 Å². The van der Waals surface area contributed by atoms with E-state index in [1.165, 1.54) is 6.26 Å². The summed E-state index contributed by atoms with van der Waals surface area (Å²) in [4.78, 5) is 4.51. The van der Waals surface area contributed by atoms with Gasteiger partial charge in [0.25, 0.3) is 0 Å². The molecule has 6 nitrogen and oxygen atoms in total. The fourth-order valence-corrected chi connectivity index (χ4v) is 2.43. The minimum absolute atomic E-state index is 0. The van der Waals surface area contributed by atoms with E-state index in [9.17, 15) is 8.42 Å². The molecule has 0 aliphatic heterocycles. The number of guanidine groups is 1. The van der Waals surface area contributed by atoms with Crippen LogP contribution in [0.2, 0.25) is 0 Å². The molecule has 0 heterocycles. The molecule has 0 bridgehead atoms. The first-order valence-corrected chi connectivity index (χ1v) is 9.39. The van der Waals surface area contributed by atoms with Gasteiger partial charge in [0.15, 0.2) is 5.96 Å². The third kappa shape index (κ3) is 12.5. The van der Waals surface area contributed by atoms with Crippen LogP contribution in [-0.4, -0.2) is 59.2 Å². The molecule has 0 amide bonds. The molecule has 0 saturated carbocycles. The van der Waals surface area contributed by atoms with Crippen molar-refractivity contribution in [1.82, 2.24) is 10.6 Å². The topological polar surface area (TPSA) is 79.8 Å². The van der Waals surface area contributed by atoms with Crippen LogP contribution in [0.3, 0.4) is 0 Å². The van der Waals surface area contributed by atoms with Crippen molar-refractivity contribution in [2.45, 2.75) is 40.2 Å². The predicted octanol–water partition coefficient (Wildman–Crippen LogP) is 1.66. The van der Waals surface area contributed by atoms with Gasteiger partial charge in [0.05, 0.1) is 18.4 Å². The van der Waals surface area contributed by atoms with Crippen molar-refractivity contribution >= 4 is 39.8 Å². The van der Waals surface area contributed by atoms with Crippen LogP contribution in [0.5, 0.6) is 0 Å². The van der Waals surface area contributed by atoms with Crippen molar-refractivity contribution in [3.8, 4) is 0 Å². The number of halogens is 1. The van der Waals surface area contributed by atoms with Gasteiger partial charge in [-0.15, -0.1) is 24.0 Å². The Kier molecular flexibility index (Phi) is 12.6. The second-order valence-corrected chi connectivity index (χ2v) is 8.48. The first-order chi connectivity index (χ1) is 9.60. The number of ether oxygens (including phenoxy) is 1. The van der Waals surface area contributed by atoms with Gasteiger partial charge in [0.1, 0.15) is 9.84 Å². The van der Waals surface area contributed by atoms with Crippen LogP contribution in [0.25, 0.3) is 0 Å². The van der Waals surface area contributed by atoms with E-state index >= 15 is 0 Å². The van der Waals surface area contributed by atoms with Crippen LogP contribution in [0.4, 0.5) is 0 Å². The molecule has 0 saturated heterocycles. The number of sulfone groups is 1. The molecule has 1 unspecified atom stereocenters. The van der Waals surface area contributed by atoms with Crippen molar-refractivity contribution in [3.63, 3.8) is 0 Å². The molecule has 0 spiro atoms. The summed E-state index contributed by atoms with van der Waals surface area (Å²) in [6.07, 6.45) is 1.85. The number of rotatable bonds is 8. The molecule has 2 N–H and O–H groups in total. The van der Waals surface area contributed by atoms with Gasteiger partial charge < -0.3 is 15.4 Å². The number of nitrogens with one attached hydrogen (secondary N) is 2. The lowest BCUT2D eigenvalue weighted by atomic mass is 9.89. The summed E-state index contributed by atoms with van der Waals surface area (Å²) in [5.41, 5.74) is 0.0197. The van der Waals surface area contributed by atoms with E-state index in [1.54, 1.807) is 7.11 Å². The van der Waals surface area contributed by atoms with Crippen LogP contribution in [-0.2, 0) is 14.6 Å². The highest BCUT2D eigenvalue weighted by Gasteiger charge is 2.24. The maximum absolute atomic E-state index is 11.1. The zero-order chi connectivity index (χ0) is 16.5. The highest BCUT2D eigenvalue weighted by Crippen LogP contribution is 2.21. The van der Waals surface area contributed by atoms with E-state index in [-0.39, 0.29) is 41.2 Å². The third-order valence-corrected chi connectivity index (χ3v) is 4.02. The second-order valence-electron chi connectivity index (χ2n) is 6.22. The van der Waals surface area contributed by atoms with Crippen LogP contribution in [0.15, 0.2) is 4.99 Å². The average Bonchev–Trinajstić information content (AvgIpc) is 2.32. The zero-order valence-corrected chi connectivity index (χ0v) is 17.7. The Bertz CT molecular complexity index is 420. The maximum atomic E-state index is 11.1. The molecule has 0 fully saturated rings. The first kappa shape index (κ1) is 24.2. The molecule has 0 aliphatic rings. The standard InChI is InChI=1S/C14H31N3O3S.HI/c1-7-15-13(16-9-8-10-21(6,18)19)17-11-12(20-5)14(2,3)4;/h12H,7-11H2,1-6H3,(H2,15,16,17);1H. The van der Waals surface area contributed by atoms with Crippen molar-refractivity contribution in [2.75, 3.05) is 38.8 Å². The molecule has 0 aromatic heterocycles. The second kappa shape index (κ2) is 11.4. The maximum Gasteiger partial charge on any atom is 0.191 e. The monoisotopic (exact) mass is 449 g/mol. The average molecular weight is 449 g/mol. The third-order valence-electron chi connectivity index (χ3n) is 2.99. The first-order valence-electron chi connectivity index (χ1n) is 7.33. The molecule has 22 heavy (non-hydrogen) atoms. The summed E-state index contributed by atoms with van der Waals surface area (Å²) in [6, 6.07) is 0. The number of hydrogen-bond acceptors (Lipinski definition) is 4. The summed E-state index contributed by atoms with van der Waals surface area (Å²) in [5, 5.41) is 6.29. The van der Waals surface area contributed by atoms with E-state index in [2.05, 4.69) is 36.4 Å². The summed E-state index contributed by atoms with van der Waals surface area (Å²) >= 11 is 0. The van der Waals surface area contributed by atoms with Gasteiger partial charge in [-0.3, -0.25) is 4.99 Å². The lowest BCUT2D eigenvalue weighted by Gasteiger charge is -2.28. The minimum Gasteiger partial charge on any atom is -0.379 e. The molecule has 0 aromatic rings. The Labute approximate surface area is 152 Å². The number of methoxy groups -OCH3 is 1. The Balaban J connectivity index is 0. The van der Waals surface area contributed by atoms with Crippen LogP contribution in [0, 0.1) is 5.41 Å². The smallest absolute Gasteiger partial charge is 0.191 e. The van der Waals surface area contributed by atoms with E-state index in [4.69, 9.17) is 4.74 Å². The Hall–Kier alpha value is -0.0900. The molecule has 0 rings (SSSR count). The van der Waals surface area contributed by atoms with Gasteiger partial charge in [-0.05, 0) is 18.8 Å². The van der Waals surface area contributed by atoms with Crippen LogP contribution in [0.1, 0.15) is 34.1 Å². The normalized spacial score (nSPS) is 14.2. The number of nitrogens with zero attached hydrogens (tertiary/aromatic N) is 1. The summed E-state index contributed by atoms with van der Waals surface area (Å²) in [7, 11) is -1.21. The lowest BCUT2D eigenvalue weighted by molar-refractivity contribution is 0.0241. The van der Waals surface area contributed by atoms with Gasteiger partial charge in [0.2, 0.25) is 0 Å². The summed E-state index contributed by atoms with van der Waals surface area (Å²) < 4.78 is 27.6. The molecular weight excluding hydrogens is 417 g/mol. The molecular formula is C14H32IN3O3S. The van der Waals surface area contributed by atoms with Gasteiger partial charge in [-0.25, -0.2) is 8.42 Å². The molecule has 8 heteroatoms. The van der Waals surface area contributed by atoms with Gasteiger partial charge in [0, 0.05) is 26.5 Å². The largest absolute Gasteiger partial charge is 0.379 e. The van der Waals surface area contributed by atoms with Crippen molar-refractivity contribution in [2.24, 2.45) is 10.4 Å².